The molecular weight excluding hydrogens is 938 g/mol. The predicted octanol–water partition coefficient (Wildman–Crippen LogP) is 9.44. The van der Waals surface area contributed by atoms with Gasteiger partial charge in [0.1, 0.15) is 11.1 Å². The van der Waals surface area contributed by atoms with Crippen molar-refractivity contribution in [2.75, 3.05) is 14.2 Å². The highest BCUT2D eigenvalue weighted by molar-refractivity contribution is 6.67. The van der Waals surface area contributed by atoms with Crippen molar-refractivity contribution in [2.45, 2.75) is 126 Å². The highest BCUT2D eigenvalue weighted by atomic mass is 35.5. The number of methoxy groups -OCH3 is 1. The Kier molecular flexibility index (Phi) is 18.8. The summed E-state index contributed by atoms with van der Waals surface area (Å²) >= 11 is 4.45. The maximum atomic E-state index is 13.0. The molecule has 0 heterocycles. The minimum atomic E-state index is -5.10. The van der Waals surface area contributed by atoms with Crippen LogP contribution in [0.2, 0.25) is 0 Å². The molecule has 8 atom stereocenters. The summed E-state index contributed by atoms with van der Waals surface area (Å²) in [5, 5.41) is 44.7. The molecule has 0 radical (unpaired) electrons. The molecule has 0 aliphatic heterocycles. The Labute approximate surface area is 351 Å². The van der Waals surface area contributed by atoms with Gasteiger partial charge >= 0.3 is 43.0 Å². The molecule has 4 rings (SSSR count). The van der Waals surface area contributed by atoms with Crippen molar-refractivity contribution >= 4 is 22.8 Å². The van der Waals surface area contributed by atoms with Crippen molar-refractivity contribution in [1.82, 2.24) is 0 Å². The fourth-order valence-corrected chi connectivity index (χ4v) is 7.60. The summed E-state index contributed by atoms with van der Waals surface area (Å²) in [4.78, 5) is 19.9. The Morgan fingerprint density at radius 2 is 0.683 bits per heavy atom. The van der Waals surface area contributed by atoms with Crippen LogP contribution in [0.4, 0.5) is 79.0 Å². The van der Waals surface area contributed by atoms with Crippen LogP contribution in [0.5, 0.6) is 0 Å². The van der Waals surface area contributed by atoms with E-state index in [4.69, 9.17) is 5.11 Å². The molecule has 2 fully saturated rings. The van der Waals surface area contributed by atoms with Gasteiger partial charge in [-0.1, -0.05) is 13.2 Å². The van der Waals surface area contributed by atoms with Crippen molar-refractivity contribution in [3.05, 3.63) is 46.6 Å². The van der Waals surface area contributed by atoms with E-state index in [0.29, 0.717) is 53.4 Å². The largest absolute Gasteiger partial charge is 0.465 e. The lowest BCUT2D eigenvalue weighted by atomic mass is 9.75. The van der Waals surface area contributed by atoms with Gasteiger partial charge in [-0.3, -0.25) is 4.79 Å². The standard InChI is InChI=1S/2C13H16F6O2.C5H5F3O2.C4H2ClF3O.CH4O/c2*1-10(20,12(14,15)16)8-6-3-4-7(5-6)9(8)11(2,21)13(17,18)19;1-3(4(9)10-2)5(6,7)8;1-2(3(5)9)4(6,7)8;1-2/h2*6-7,20-21H,3-5H2,1-2H3;1H2,2H3;1H2;2H,1H3. The summed E-state index contributed by atoms with van der Waals surface area (Å²) in [6, 6.07) is 0. The van der Waals surface area contributed by atoms with Gasteiger partial charge in [0.25, 0.3) is 5.24 Å². The first-order chi connectivity index (χ1) is 27.7. The van der Waals surface area contributed by atoms with Gasteiger partial charge in [-0.25, -0.2) is 4.79 Å². The van der Waals surface area contributed by atoms with E-state index >= 15 is 0 Å². The molecule has 8 nitrogen and oxygen atoms in total. The van der Waals surface area contributed by atoms with Crippen molar-refractivity contribution in [2.24, 2.45) is 23.7 Å². The molecule has 63 heavy (non-hydrogen) atoms. The van der Waals surface area contributed by atoms with Crippen molar-refractivity contribution in [1.29, 1.82) is 0 Å². The zero-order valence-electron chi connectivity index (χ0n) is 33.6. The van der Waals surface area contributed by atoms with Gasteiger partial charge in [0.15, 0.2) is 22.4 Å². The third-order valence-corrected chi connectivity index (χ3v) is 11.0. The molecule has 0 saturated heterocycles. The van der Waals surface area contributed by atoms with Crippen LogP contribution in [0.15, 0.2) is 46.6 Å². The van der Waals surface area contributed by atoms with Crippen LogP contribution >= 0.6 is 11.6 Å². The fraction of sp³-hybridized carbons (Fsp3) is 0.722. The van der Waals surface area contributed by atoms with Crippen molar-refractivity contribution < 1.29 is 119 Å². The van der Waals surface area contributed by atoms with E-state index in [1.54, 1.807) is 0 Å². The molecule has 4 aliphatic rings. The first-order valence-corrected chi connectivity index (χ1v) is 18.0. The van der Waals surface area contributed by atoms with Crippen molar-refractivity contribution in [3.8, 4) is 0 Å². The fourth-order valence-electron chi connectivity index (χ4n) is 7.49. The van der Waals surface area contributed by atoms with Crippen molar-refractivity contribution in [3.63, 3.8) is 0 Å². The van der Waals surface area contributed by atoms with Crippen LogP contribution in [0.1, 0.15) is 66.2 Å². The molecule has 0 aromatic heterocycles. The number of ether oxygens (including phenoxy) is 1. The Hall–Kier alpha value is -3.07. The number of esters is 1. The van der Waals surface area contributed by atoms with E-state index in [-0.39, 0.29) is 12.8 Å². The summed E-state index contributed by atoms with van der Waals surface area (Å²) in [6.45, 7) is 6.73. The van der Waals surface area contributed by atoms with E-state index in [1.165, 1.54) is 0 Å². The second-order valence-corrected chi connectivity index (χ2v) is 15.4. The maximum absolute atomic E-state index is 13.0. The van der Waals surface area contributed by atoms with Gasteiger partial charge in [-0.05, 0) is 124 Å². The van der Waals surface area contributed by atoms with Gasteiger partial charge in [0, 0.05) is 7.11 Å². The summed E-state index contributed by atoms with van der Waals surface area (Å²) in [7, 11) is 1.86. The average Bonchev–Trinajstić information content (AvgIpc) is 3.92. The number of aliphatic hydroxyl groups excluding tert-OH is 1. The quantitative estimate of drug-likeness (QED) is 0.0583. The lowest BCUT2D eigenvalue weighted by molar-refractivity contribution is -0.248. The molecule has 5 N–H and O–H groups in total. The average molecular weight is 981 g/mol. The number of aliphatic hydroxyl groups is 5. The molecule has 8 unspecified atom stereocenters. The Balaban J connectivity index is 0.000000857. The molecule has 0 amide bonds. The predicted molar refractivity (Wildman–Crippen MR) is 184 cm³/mol. The zero-order valence-corrected chi connectivity index (χ0v) is 34.4. The van der Waals surface area contributed by atoms with Gasteiger partial charge in [0.05, 0.1) is 7.11 Å². The maximum Gasteiger partial charge on any atom is 0.422 e. The lowest BCUT2D eigenvalue weighted by Crippen LogP contribution is -2.51. The molecule has 0 aromatic carbocycles. The number of halogens is 19. The number of hydrogen-bond donors (Lipinski definition) is 5. The molecule has 4 bridgehead atoms. The summed E-state index contributed by atoms with van der Waals surface area (Å²) in [5.41, 5.74) is -19.3. The third kappa shape index (κ3) is 13.1. The van der Waals surface area contributed by atoms with Crippen LogP contribution in [-0.4, -0.2) is 110 Å². The zero-order chi connectivity index (χ0) is 50.9. The minimum absolute atomic E-state index is 0.114. The highest BCUT2D eigenvalue weighted by Crippen LogP contribution is 2.61. The van der Waals surface area contributed by atoms with E-state index in [1.807, 2.05) is 0 Å². The van der Waals surface area contributed by atoms with Crippen LogP contribution in [0.3, 0.4) is 0 Å². The summed E-state index contributed by atoms with van der Waals surface area (Å²) < 4.78 is 228. The summed E-state index contributed by atoms with van der Waals surface area (Å²) in [6.07, 6.45) is -28.4. The van der Waals surface area contributed by atoms with Crippen LogP contribution in [-0.2, 0) is 14.3 Å². The van der Waals surface area contributed by atoms with E-state index in [2.05, 4.69) is 29.5 Å². The second-order valence-electron chi connectivity index (χ2n) is 15.1. The first-order valence-electron chi connectivity index (χ1n) is 17.6. The molecule has 0 aromatic rings. The normalized spacial score (nSPS) is 24.9. The topological polar surface area (TPSA) is 145 Å². The molecular formula is C36H43ClF18O8. The monoisotopic (exact) mass is 980 g/mol. The van der Waals surface area contributed by atoms with Crippen LogP contribution < -0.4 is 0 Å². The third-order valence-electron chi connectivity index (χ3n) is 10.7. The van der Waals surface area contributed by atoms with Crippen LogP contribution in [0.25, 0.3) is 0 Å². The van der Waals surface area contributed by atoms with E-state index in [9.17, 15) is 109 Å². The SMILES string of the molecule is C=C(C(=O)Cl)C(F)(F)F.C=C(C(=O)OC)C(F)(F)F.CC(O)(C1=C(C(C)(O)C(F)(F)F)C2CCC1C2)C(F)(F)F.CC(O)(C1=C(C(C)(O)C(F)(F)F)C2CCC1C2)C(F)(F)F.CO. The van der Waals surface area contributed by atoms with Gasteiger partial charge < -0.3 is 30.3 Å². The second kappa shape index (κ2) is 19.8. The first kappa shape index (κ1) is 59.9. The molecule has 0 spiro atoms. The van der Waals surface area contributed by atoms with E-state index in [0.717, 1.165) is 14.2 Å². The molecule has 4 aliphatic carbocycles. The number of carbonyl (C=O) groups is 2. The van der Waals surface area contributed by atoms with Crippen LogP contribution in [0, 0.1) is 23.7 Å². The Morgan fingerprint density at radius 1 is 0.492 bits per heavy atom. The van der Waals surface area contributed by atoms with Gasteiger partial charge in [-0.2, -0.15) is 79.0 Å². The number of alkyl halides is 18. The lowest BCUT2D eigenvalue weighted by Gasteiger charge is -2.39. The van der Waals surface area contributed by atoms with E-state index < -0.39 is 128 Å². The molecule has 27 heteroatoms. The smallest absolute Gasteiger partial charge is 0.422 e. The Morgan fingerprint density at radius 3 is 0.778 bits per heavy atom. The van der Waals surface area contributed by atoms with Gasteiger partial charge in [-0.15, -0.1) is 0 Å². The number of allylic oxidation sites excluding steroid dienone is 1. The molecule has 368 valence electrons. The number of fused-ring (bicyclic) bond motifs is 4. The molecule has 2 saturated carbocycles. The highest BCUT2D eigenvalue weighted by Gasteiger charge is 2.66. The van der Waals surface area contributed by atoms with Gasteiger partial charge in [0.2, 0.25) is 0 Å². The number of rotatable bonds is 6. The Bertz CT molecular complexity index is 1560. The minimum Gasteiger partial charge on any atom is -0.465 e. The number of hydrogen-bond acceptors (Lipinski definition) is 8. The summed E-state index contributed by atoms with van der Waals surface area (Å²) in [5.74, 6) is -4.52. The number of carbonyl (C=O) groups excluding carboxylic acids is 2.